The number of rotatable bonds is 4. The largest absolute Gasteiger partial charge is 0.311 e. The molecule has 0 saturated heterocycles. The van der Waals surface area contributed by atoms with Crippen LogP contribution in [0.4, 0.5) is 0 Å². The third kappa shape index (κ3) is 3.47. The van der Waals surface area contributed by atoms with Crippen LogP contribution in [0.5, 0.6) is 0 Å². The summed E-state index contributed by atoms with van der Waals surface area (Å²) in [7, 11) is 0. The Bertz CT molecular complexity index is 220. The molecule has 100 valence electrons. The Kier molecular flexibility index (Phi) is 4.52. The molecule has 0 aromatic heterocycles. The van der Waals surface area contributed by atoms with E-state index in [4.69, 9.17) is 0 Å². The van der Waals surface area contributed by atoms with E-state index >= 15 is 0 Å². The van der Waals surface area contributed by atoms with Crippen LogP contribution in [0.15, 0.2) is 0 Å². The maximum atomic E-state index is 3.91. The van der Waals surface area contributed by atoms with Crippen molar-refractivity contribution in [2.75, 3.05) is 0 Å². The van der Waals surface area contributed by atoms with Gasteiger partial charge in [0, 0.05) is 12.1 Å². The standard InChI is InChI=1S/C16H31N/c1-4-16(2,3)13-9-11-15(12-10-13)17-14-7-5-6-8-14/h13-15,17H,4-12H2,1-3H3. The molecule has 1 heteroatoms. The van der Waals surface area contributed by atoms with E-state index in [1.807, 2.05) is 0 Å². The Morgan fingerprint density at radius 2 is 1.41 bits per heavy atom. The van der Waals surface area contributed by atoms with Crippen molar-refractivity contribution in [3.63, 3.8) is 0 Å². The first-order valence-electron chi connectivity index (χ1n) is 7.88. The van der Waals surface area contributed by atoms with Crippen LogP contribution in [-0.2, 0) is 0 Å². The molecule has 0 radical (unpaired) electrons. The molecule has 0 aromatic rings. The Labute approximate surface area is 108 Å². The normalized spacial score (nSPS) is 31.9. The van der Waals surface area contributed by atoms with Gasteiger partial charge in [-0.3, -0.25) is 0 Å². The maximum Gasteiger partial charge on any atom is 0.00698 e. The van der Waals surface area contributed by atoms with Crippen LogP contribution in [0.2, 0.25) is 0 Å². The van der Waals surface area contributed by atoms with E-state index in [1.54, 1.807) is 0 Å². The van der Waals surface area contributed by atoms with Gasteiger partial charge >= 0.3 is 0 Å². The van der Waals surface area contributed by atoms with E-state index in [9.17, 15) is 0 Å². The lowest BCUT2D eigenvalue weighted by Crippen LogP contribution is -2.41. The fraction of sp³-hybridized carbons (Fsp3) is 1.00. The molecule has 0 heterocycles. The molecule has 2 rings (SSSR count). The van der Waals surface area contributed by atoms with Crippen molar-refractivity contribution in [3.8, 4) is 0 Å². The smallest absolute Gasteiger partial charge is 0.00698 e. The van der Waals surface area contributed by atoms with Gasteiger partial charge in [0.15, 0.2) is 0 Å². The van der Waals surface area contributed by atoms with Gasteiger partial charge in [-0.25, -0.2) is 0 Å². The van der Waals surface area contributed by atoms with E-state index in [0.29, 0.717) is 5.41 Å². The van der Waals surface area contributed by atoms with Crippen molar-refractivity contribution in [2.24, 2.45) is 11.3 Å². The average Bonchev–Trinajstić information content (AvgIpc) is 2.83. The quantitative estimate of drug-likeness (QED) is 0.758. The van der Waals surface area contributed by atoms with Crippen LogP contribution < -0.4 is 5.32 Å². The third-order valence-electron chi connectivity index (χ3n) is 5.57. The van der Waals surface area contributed by atoms with E-state index in [1.165, 1.54) is 57.8 Å². The molecule has 0 spiro atoms. The molecular weight excluding hydrogens is 206 g/mol. The van der Waals surface area contributed by atoms with Crippen LogP contribution in [0.1, 0.15) is 78.6 Å². The van der Waals surface area contributed by atoms with Crippen LogP contribution in [0.25, 0.3) is 0 Å². The molecule has 2 fully saturated rings. The van der Waals surface area contributed by atoms with E-state index in [0.717, 1.165) is 18.0 Å². The van der Waals surface area contributed by atoms with Crippen molar-refractivity contribution in [3.05, 3.63) is 0 Å². The predicted molar refractivity (Wildman–Crippen MR) is 75.2 cm³/mol. The molecule has 0 bridgehead atoms. The first-order chi connectivity index (χ1) is 8.12. The average molecular weight is 237 g/mol. The van der Waals surface area contributed by atoms with Crippen LogP contribution >= 0.6 is 0 Å². The molecule has 0 atom stereocenters. The van der Waals surface area contributed by atoms with Crippen molar-refractivity contribution >= 4 is 0 Å². The van der Waals surface area contributed by atoms with Gasteiger partial charge < -0.3 is 5.32 Å². The molecule has 0 amide bonds. The summed E-state index contributed by atoms with van der Waals surface area (Å²) in [5.74, 6) is 0.967. The summed E-state index contributed by atoms with van der Waals surface area (Å²) in [4.78, 5) is 0. The predicted octanol–water partition coefficient (Wildman–Crippen LogP) is 4.51. The summed E-state index contributed by atoms with van der Waals surface area (Å²) < 4.78 is 0. The van der Waals surface area contributed by atoms with Crippen molar-refractivity contribution in [1.29, 1.82) is 0 Å². The minimum atomic E-state index is 0.568. The van der Waals surface area contributed by atoms with Gasteiger partial charge in [-0.2, -0.15) is 0 Å². The lowest BCUT2D eigenvalue weighted by Gasteiger charge is -2.39. The summed E-state index contributed by atoms with van der Waals surface area (Å²) >= 11 is 0. The Morgan fingerprint density at radius 3 is 1.94 bits per heavy atom. The summed E-state index contributed by atoms with van der Waals surface area (Å²) in [5.41, 5.74) is 0.568. The van der Waals surface area contributed by atoms with Crippen molar-refractivity contribution in [1.82, 2.24) is 5.32 Å². The molecule has 2 aliphatic rings. The Morgan fingerprint density at radius 1 is 0.882 bits per heavy atom. The van der Waals surface area contributed by atoms with Gasteiger partial charge in [0.1, 0.15) is 0 Å². The van der Waals surface area contributed by atoms with Crippen LogP contribution in [-0.4, -0.2) is 12.1 Å². The highest BCUT2D eigenvalue weighted by Gasteiger charge is 2.32. The molecule has 2 saturated carbocycles. The highest BCUT2D eigenvalue weighted by molar-refractivity contribution is 4.87. The summed E-state index contributed by atoms with van der Waals surface area (Å²) in [5, 5.41) is 3.91. The van der Waals surface area contributed by atoms with Crippen LogP contribution in [0, 0.1) is 11.3 Å². The zero-order valence-corrected chi connectivity index (χ0v) is 12.1. The fourth-order valence-corrected chi connectivity index (χ4v) is 3.76. The molecule has 2 aliphatic carbocycles. The Balaban J connectivity index is 1.74. The highest BCUT2D eigenvalue weighted by Crippen LogP contribution is 2.40. The lowest BCUT2D eigenvalue weighted by atomic mass is 9.69. The summed E-state index contributed by atoms with van der Waals surface area (Å²) in [6.45, 7) is 7.27. The molecule has 0 aliphatic heterocycles. The Hall–Kier alpha value is -0.0400. The zero-order chi connectivity index (χ0) is 12.3. The second-order valence-electron chi connectivity index (χ2n) is 7.04. The van der Waals surface area contributed by atoms with Crippen LogP contribution in [0.3, 0.4) is 0 Å². The first-order valence-corrected chi connectivity index (χ1v) is 7.88. The molecule has 0 aromatic carbocycles. The topological polar surface area (TPSA) is 12.0 Å². The number of hydrogen-bond acceptors (Lipinski definition) is 1. The molecule has 0 unspecified atom stereocenters. The second-order valence-corrected chi connectivity index (χ2v) is 7.04. The maximum absolute atomic E-state index is 3.91. The highest BCUT2D eigenvalue weighted by atomic mass is 15.0. The SMILES string of the molecule is CCC(C)(C)C1CCC(NC2CCCC2)CC1. The van der Waals surface area contributed by atoms with E-state index in [-0.39, 0.29) is 0 Å². The van der Waals surface area contributed by atoms with Crippen molar-refractivity contribution in [2.45, 2.75) is 90.6 Å². The first kappa shape index (κ1) is 13.4. The molecule has 1 nitrogen and oxygen atoms in total. The summed E-state index contributed by atoms with van der Waals surface area (Å²) in [6, 6.07) is 1.69. The molecular formula is C16H31N. The van der Waals surface area contributed by atoms with Gasteiger partial charge in [-0.15, -0.1) is 0 Å². The lowest BCUT2D eigenvalue weighted by molar-refractivity contribution is 0.134. The van der Waals surface area contributed by atoms with Gasteiger partial charge in [-0.05, 0) is 49.9 Å². The van der Waals surface area contributed by atoms with E-state index < -0.39 is 0 Å². The van der Waals surface area contributed by atoms with Crippen molar-refractivity contribution < 1.29 is 0 Å². The molecule has 17 heavy (non-hydrogen) atoms. The van der Waals surface area contributed by atoms with E-state index in [2.05, 4.69) is 26.1 Å². The zero-order valence-electron chi connectivity index (χ0n) is 12.1. The van der Waals surface area contributed by atoms with Gasteiger partial charge in [0.25, 0.3) is 0 Å². The van der Waals surface area contributed by atoms with Gasteiger partial charge in [0.05, 0.1) is 0 Å². The molecule has 1 N–H and O–H groups in total. The summed E-state index contributed by atoms with van der Waals surface area (Å²) in [6.07, 6.45) is 12.8. The third-order valence-corrected chi connectivity index (χ3v) is 5.57. The second kappa shape index (κ2) is 5.73. The minimum Gasteiger partial charge on any atom is -0.311 e. The van der Waals surface area contributed by atoms with Gasteiger partial charge in [-0.1, -0.05) is 40.0 Å². The fourth-order valence-electron chi connectivity index (χ4n) is 3.76. The number of nitrogens with one attached hydrogen (secondary N) is 1. The minimum absolute atomic E-state index is 0.568. The van der Waals surface area contributed by atoms with Gasteiger partial charge in [0.2, 0.25) is 0 Å². The monoisotopic (exact) mass is 237 g/mol. The number of hydrogen-bond donors (Lipinski definition) is 1.